The summed E-state index contributed by atoms with van der Waals surface area (Å²) in [7, 11) is 0. The Bertz CT molecular complexity index is 688. The molecule has 1 unspecified atom stereocenters. The first kappa shape index (κ1) is 15.4. The topological polar surface area (TPSA) is 86.5 Å². The normalized spacial score (nSPS) is 17.4. The van der Waals surface area contributed by atoms with Crippen LogP contribution in [-0.2, 0) is 11.2 Å². The van der Waals surface area contributed by atoms with E-state index in [2.05, 4.69) is 14.9 Å². The number of carboxylic acids is 1. The van der Waals surface area contributed by atoms with E-state index in [9.17, 15) is 9.90 Å². The Kier molecular flexibility index (Phi) is 4.52. The minimum atomic E-state index is -0.794. The first-order valence-electron chi connectivity index (χ1n) is 7.69. The molecular weight excluding hydrogens is 294 g/mol. The lowest BCUT2D eigenvalue weighted by Gasteiger charge is -2.16. The van der Waals surface area contributed by atoms with Gasteiger partial charge < -0.3 is 15.1 Å². The molecule has 1 saturated heterocycles. The molecule has 0 saturated carbocycles. The van der Waals surface area contributed by atoms with E-state index in [0.29, 0.717) is 18.8 Å². The highest BCUT2D eigenvalue weighted by molar-refractivity contribution is 5.67. The molecule has 23 heavy (non-hydrogen) atoms. The minimum absolute atomic E-state index is 0.128. The lowest BCUT2D eigenvalue weighted by Crippen LogP contribution is -2.22. The summed E-state index contributed by atoms with van der Waals surface area (Å²) in [6.07, 6.45) is 2.84. The Morgan fingerprint density at radius 3 is 2.70 bits per heavy atom. The van der Waals surface area contributed by atoms with Crippen LogP contribution in [0.4, 0.5) is 5.82 Å². The van der Waals surface area contributed by atoms with Gasteiger partial charge in [0, 0.05) is 31.3 Å². The zero-order valence-electron chi connectivity index (χ0n) is 12.7. The third-order valence-electron chi connectivity index (χ3n) is 3.97. The predicted molar refractivity (Wildman–Crippen MR) is 86.3 cm³/mol. The third-order valence-corrected chi connectivity index (χ3v) is 3.97. The summed E-state index contributed by atoms with van der Waals surface area (Å²) in [5.74, 6) is 0.660. The molecule has 0 spiro atoms. The van der Waals surface area contributed by atoms with Gasteiger partial charge in [-0.3, -0.25) is 4.79 Å². The summed E-state index contributed by atoms with van der Waals surface area (Å²) in [5.41, 5.74) is 1.88. The van der Waals surface area contributed by atoms with Crippen molar-refractivity contribution in [2.75, 3.05) is 18.0 Å². The number of aromatic nitrogens is 2. The maximum absolute atomic E-state index is 10.6. The molecule has 3 rings (SSSR count). The number of aryl methyl sites for hydroxylation is 1. The van der Waals surface area contributed by atoms with Gasteiger partial charge in [0.15, 0.2) is 5.82 Å². The number of aliphatic carboxylic acids is 1. The summed E-state index contributed by atoms with van der Waals surface area (Å²) in [6.45, 7) is 1.40. The van der Waals surface area contributed by atoms with Crippen LogP contribution in [0.15, 0.2) is 36.5 Å². The zero-order chi connectivity index (χ0) is 16.2. The lowest BCUT2D eigenvalue weighted by atomic mass is 10.1. The Morgan fingerprint density at radius 2 is 2.04 bits per heavy atom. The standard InChI is InChI=1S/C17H19N3O3/c21-14-8-10-20(11-14)15-7-9-18-17(19-15)13-4-1-12(2-5-13)3-6-16(22)23/h1-2,4-5,7,9,14,21H,3,6,8,10-11H2,(H,22,23). The van der Waals surface area contributed by atoms with Crippen molar-refractivity contribution >= 4 is 11.8 Å². The van der Waals surface area contributed by atoms with E-state index in [4.69, 9.17) is 5.11 Å². The fourth-order valence-electron chi connectivity index (χ4n) is 2.69. The number of carbonyl (C=O) groups is 1. The number of rotatable bonds is 5. The van der Waals surface area contributed by atoms with Crippen LogP contribution in [0, 0.1) is 0 Å². The fourth-order valence-corrected chi connectivity index (χ4v) is 2.69. The van der Waals surface area contributed by atoms with Crippen LogP contribution in [0.25, 0.3) is 11.4 Å². The SMILES string of the molecule is O=C(O)CCc1ccc(-c2nccc(N3CCC(O)C3)n2)cc1. The van der Waals surface area contributed by atoms with E-state index in [1.165, 1.54) is 0 Å². The van der Waals surface area contributed by atoms with E-state index in [0.717, 1.165) is 29.9 Å². The Balaban J connectivity index is 1.75. The summed E-state index contributed by atoms with van der Waals surface area (Å²) < 4.78 is 0. The van der Waals surface area contributed by atoms with E-state index < -0.39 is 5.97 Å². The van der Waals surface area contributed by atoms with E-state index >= 15 is 0 Å². The van der Waals surface area contributed by atoms with Gasteiger partial charge in [-0.05, 0) is 24.5 Å². The molecule has 120 valence electrons. The summed E-state index contributed by atoms with van der Waals surface area (Å²) in [6, 6.07) is 9.49. The molecule has 0 radical (unpaired) electrons. The predicted octanol–water partition coefficient (Wildman–Crippen LogP) is 1.73. The van der Waals surface area contributed by atoms with E-state index in [1.54, 1.807) is 6.20 Å². The van der Waals surface area contributed by atoms with Crippen LogP contribution in [0.2, 0.25) is 0 Å². The highest BCUT2D eigenvalue weighted by Crippen LogP contribution is 2.22. The maximum Gasteiger partial charge on any atom is 0.303 e. The minimum Gasteiger partial charge on any atom is -0.481 e. The highest BCUT2D eigenvalue weighted by atomic mass is 16.4. The van der Waals surface area contributed by atoms with Gasteiger partial charge in [-0.1, -0.05) is 24.3 Å². The number of benzene rings is 1. The molecule has 1 aliphatic rings. The van der Waals surface area contributed by atoms with Crippen LogP contribution in [0.1, 0.15) is 18.4 Å². The monoisotopic (exact) mass is 313 g/mol. The molecular formula is C17H19N3O3. The number of aliphatic hydroxyl groups is 1. The van der Waals surface area contributed by atoms with Crippen LogP contribution < -0.4 is 4.90 Å². The molecule has 2 N–H and O–H groups in total. The van der Waals surface area contributed by atoms with Crippen molar-refractivity contribution in [3.8, 4) is 11.4 Å². The van der Waals surface area contributed by atoms with Crippen molar-refractivity contribution in [1.82, 2.24) is 9.97 Å². The van der Waals surface area contributed by atoms with Crippen LogP contribution in [0.3, 0.4) is 0 Å². The first-order chi connectivity index (χ1) is 11.1. The van der Waals surface area contributed by atoms with Gasteiger partial charge in [-0.2, -0.15) is 0 Å². The number of hydrogen-bond donors (Lipinski definition) is 2. The molecule has 1 aliphatic heterocycles. The maximum atomic E-state index is 10.6. The van der Waals surface area contributed by atoms with Gasteiger partial charge in [0.05, 0.1) is 6.10 Å². The third kappa shape index (κ3) is 3.84. The molecule has 6 nitrogen and oxygen atoms in total. The molecule has 0 aliphatic carbocycles. The summed E-state index contributed by atoms with van der Waals surface area (Å²) in [4.78, 5) is 21.5. The number of carboxylic acid groups (broad SMARTS) is 1. The van der Waals surface area contributed by atoms with E-state index in [1.807, 2.05) is 30.3 Å². The van der Waals surface area contributed by atoms with Crippen molar-refractivity contribution in [2.45, 2.75) is 25.4 Å². The molecule has 0 bridgehead atoms. The molecule has 1 atom stereocenters. The Morgan fingerprint density at radius 1 is 1.26 bits per heavy atom. The van der Waals surface area contributed by atoms with Crippen molar-refractivity contribution in [3.63, 3.8) is 0 Å². The first-order valence-corrected chi connectivity index (χ1v) is 7.69. The van der Waals surface area contributed by atoms with Gasteiger partial charge in [0.2, 0.25) is 0 Å². The molecule has 1 aromatic heterocycles. The quantitative estimate of drug-likeness (QED) is 0.874. The van der Waals surface area contributed by atoms with Crippen LogP contribution in [-0.4, -0.2) is 45.3 Å². The van der Waals surface area contributed by atoms with Crippen molar-refractivity contribution in [1.29, 1.82) is 0 Å². The highest BCUT2D eigenvalue weighted by Gasteiger charge is 2.21. The summed E-state index contributed by atoms with van der Waals surface area (Å²) >= 11 is 0. The van der Waals surface area contributed by atoms with Crippen molar-refractivity contribution in [3.05, 3.63) is 42.1 Å². The van der Waals surface area contributed by atoms with Crippen LogP contribution in [0.5, 0.6) is 0 Å². The zero-order valence-corrected chi connectivity index (χ0v) is 12.7. The molecule has 2 heterocycles. The molecule has 0 amide bonds. The number of nitrogens with zero attached hydrogens (tertiary/aromatic N) is 3. The largest absolute Gasteiger partial charge is 0.481 e. The Hall–Kier alpha value is -2.47. The average Bonchev–Trinajstić information content (AvgIpc) is 3.00. The Labute approximate surface area is 134 Å². The number of anilines is 1. The van der Waals surface area contributed by atoms with Gasteiger partial charge >= 0.3 is 5.97 Å². The number of β-amino-alcohol motifs (C(OH)–C–C–N with tert-alkyl or cyclic N) is 1. The van der Waals surface area contributed by atoms with Gasteiger partial charge in [0.1, 0.15) is 5.82 Å². The summed E-state index contributed by atoms with van der Waals surface area (Å²) in [5, 5.41) is 18.4. The van der Waals surface area contributed by atoms with Crippen molar-refractivity contribution < 1.29 is 15.0 Å². The lowest BCUT2D eigenvalue weighted by molar-refractivity contribution is -0.136. The molecule has 2 aromatic rings. The van der Waals surface area contributed by atoms with Crippen LogP contribution >= 0.6 is 0 Å². The smallest absolute Gasteiger partial charge is 0.303 e. The van der Waals surface area contributed by atoms with Gasteiger partial charge in [-0.15, -0.1) is 0 Å². The molecule has 1 fully saturated rings. The van der Waals surface area contributed by atoms with Gasteiger partial charge in [-0.25, -0.2) is 9.97 Å². The van der Waals surface area contributed by atoms with Crippen molar-refractivity contribution in [2.24, 2.45) is 0 Å². The second-order valence-electron chi connectivity index (χ2n) is 5.72. The second-order valence-corrected chi connectivity index (χ2v) is 5.72. The number of hydrogen-bond acceptors (Lipinski definition) is 5. The fraction of sp³-hybridized carbons (Fsp3) is 0.353. The number of aliphatic hydroxyl groups excluding tert-OH is 1. The average molecular weight is 313 g/mol. The molecule has 6 heteroatoms. The van der Waals surface area contributed by atoms with Gasteiger partial charge in [0.25, 0.3) is 0 Å². The second kappa shape index (κ2) is 6.75. The van der Waals surface area contributed by atoms with E-state index in [-0.39, 0.29) is 12.5 Å². The molecule has 1 aromatic carbocycles.